The molecular weight excluding hydrogens is 272 g/mol. The van der Waals surface area contributed by atoms with E-state index in [9.17, 15) is 0 Å². The molecule has 0 aromatic rings. The standard InChI is InChI=1S/C16H33Br/c1-3-5-6-7-8-9-10-11-12-13-14-16(4-2)15-17/h16H,3-15H2,1-2H3. The average Bonchev–Trinajstić information content (AvgIpc) is 2.36. The van der Waals surface area contributed by atoms with E-state index < -0.39 is 0 Å². The molecule has 0 saturated heterocycles. The molecule has 0 heterocycles. The van der Waals surface area contributed by atoms with Crippen LogP contribution in [0.25, 0.3) is 0 Å². The fraction of sp³-hybridized carbons (Fsp3) is 1.00. The van der Waals surface area contributed by atoms with Crippen LogP contribution in [0.3, 0.4) is 0 Å². The van der Waals surface area contributed by atoms with Crippen molar-refractivity contribution in [1.29, 1.82) is 0 Å². The van der Waals surface area contributed by atoms with Gasteiger partial charge in [-0.2, -0.15) is 0 Å². The molecule has 0 nitrogen and oxygen atoms in total. The van der Waals surface area contributed by atoms with Crippen molar-refractivity contribution < 1.29 is 0 Å². The first-order chi connectivity index (χ1) is 8.35. The van der Waals surface area contributed by atoms with Crippen LogP contribution in [-0.4, -0.2) is 5.33 Å². The first kappa shape index (κ1) is 17.5. The molecule has 1 atom stereocenters. The summed E-state index contributed by atoms with van der Waals surface area (Å²) in [7, 11) is 0. The van der Waals surface area contributed by atoms with Crippen LogP contribution in [0.2, 0.25) is 0 Å². The molecule has 0 aliphatic heterocycles. The molecule has 17 heavy (non-hydrogen) atoms. The first-order valence-corrected chi connectivity index (χ1v) is 9.03. The molecule has 0 N–H and O–H groups in total. The third-order valence-electron chi connectivity index (χ3n) is 3.76. The first-order valence-electron chi connectivity index (χ1n) is 7.91. The lowest BCUT2D eigenvalue weighted by Crippen LogP contribution is -1.99. The van der Waals surface area contributed by atoms with E-state index in [1.165, 1.54) is 82.4 Å². The second kappa shape index (κ2) is 14.5. The normalized spacial score (nSPS) is 12.9. The van der Waals surface area contributed by atoms with Gasteiger partial charge in [-0.25, -0.2) is 0 Å². The Morgan fingerprint density at radius 1 is 0.706 bits per heavy atom. The largest absolute Gasteiger partial charge is 0.0925 e. The van der Waals surface area contributed by atoms with Crippen molar-refractivity contribution in [3.05, 3.63) is 0 Å². The predicted molar refractivity (Wildman–Crippen MR) is 84.0 cm³/mol. The molecule has 0 radical (unpaired) electrons. The van der Waals surface area contributed by atoms with E-state index in [4.69, 9.17) is 0 Å². The van der Waals surface area contributed by atoms with Crippen LogP contribution in [0.4, 0.5) is 0 Å². The van der Waals surface area contributed by atoms with Crippen LogP contribution in [0.15, 0.2) is 0 Å². The highest BCUT2D eigenvalue weighted by Crippen LogP contribution is 2.17. The Hall–Kier alpha value is 0.480. The summed E-state index contributed by atoms with van der Waals surface area (Å²) in [5.74, 6) is 0.920. The molecule has 1 unspecified atom stereocenters. The Bertz CT molecular complexity index is 129. The van der Waals surface area contributed by atoms with Crippen molar-refractivity contribution in [3.8, 4) is 0 Å². The van der Waals surface area contributed by atoms with E-state index in [-0.39, 0.29) is 0 Å². The second-order valence-corrected chi connectivity index (χ2v) is 6.05. The summed E-state index contributed by atoms with van der Waals surface area (Å²) >= 11 is 3.60. The zero-order chi connectivity index (χ0) is 12.8. The van der Waals surface area contributed by atoms with Gasteiger partial charge in [0.1, 0.15) is 0 Å². The molecule has 0 amide bonds. The van der Waals surface area contributed by atoms with Crippen LogP contribution in [0.1, 0.15) is 90.9 Å². The van der Waals surface area contributed by atoms with E-state index >= 15 is 0 Å². The van der Waals surface area contributed by atoms with Crippen LogP contribution in [0, 0.1) is 5.92 Å². The monoisotopic (exact) mass is 304 g/mol. The van der Waals surface area contributed by atoms with E-state index in [1.807, 2.05) is 0 Å². The van der Waals surface area contributed by atoms with Crippen LogP contribution < -0.4 is 0 Å². The summed E-state index contributed by atoms with van der Waals surface area (Å²) in [4.78, 5) is 0. The van der Waals surface area contributed by atoms with Gasteiger partial charge >= 0.3 is 0 Å². The minimum absolute atomic E-state index is 0.920. The Morgan fingerprint density at radius 2 is 1.18 bits per heavy atom. The lowest BCUT2D eigenvalue weighted by molar-refractivity contribution is 0.476. The maximum Gasteiger partial charge on any atom is 0.00595 e. The predicted octanol–water partition coefficient (Wildman–Crippen LogP) is 6.72. The Balaban J connectivity index is 3.03. The van der Waals surface area contributed by atoms with Gasteiger partial charge < -0.3 is 0 Å². The summed E-state index contributed by atoms with van der Waals surface area (Å²) in [6, 6.07) is 0. The van der Waals surface area contributed by atoms with E-state index in [2.05, 4.69) is 29.8 Å². The maximum atomic E-state index is 3.60. The Kier molecular flexibility index (Phi) is 15.0. The minimum atomic E-state index is 0.920. The molecule has 0 saturated carbocycles. The third kappa shape index (κ3) is 12.7. The van der Waals surface area contributed by atoms with Crippen molar-refractivity contribution in [2.24, 2.45) is 5.92 Å². The molecule has 0 aliphatic carbocycles. The smallest absolute Gasteiger partial charge is 0.00595 e. The molecule has 104 valence electrons. The van der Waals surface area contributed by atoms with Crippen LogP contribution >= 0.6 is 15.9 Å². The maximum absolute atomic E-state index is 3.60. The highest BCUT2D eigenvalue weighted by atomic mass is 79.9. The molecule has 0 rings (SSSR count). The van der Waals surface area contributed by atoms with E-state index in [0.717, 1.165) is 5.92 Å². The molecule has 0 bridgehead atoms. The second-order valence-electron chi connectivity index (χ2n) is 5.40. The van der Waals surface area contributed by atoms with Crippen molar-refractivity contribution in [3.63, 3.8) is 0 Å². The van der Waals surface area contributed by atoms with Gasteiger partial charge in [0.2, 0.25) is 0 Å². The summed E-state index contributed by atoms with van der Waals surface area (Å²) in [5.41, 5.74) is 0. The summed E-state index contributed by atoms with van der Waals surface area (Å²) in [6.45, 7) is 4.60. The van der Waals surface area contributed by atoms with Gasteiger partial charge in [-0.3, -0.25) is 0 Å². The van der Waals surface area contributed by atoms with Gasteiger partial charge in [0, 0.05) is 5.33 Å². The zero-order valence-electron chi connectivity index (χ0n) is 12.1. The highest BCUT2D eigenvalue weighted by Gasteiger charge is 2.02. The molecule has 0 aromatic carbocycles. The fourth-order valence-electron chi connectivity index (χ4n) is 2.31. The molecular formula is C16H33Br. The Morgan fingerprint density at radius 3 is 1.59 bits per heavy atom. The van der Waals surface area contributed by atoms with Gasteiger partial charge in [-0.15, -0.1) is 0 Å². The molecule has 0 spiro atoms. The molecule has 0 aromatic heterocycles. The van der Waals surface area contributed by atoms with Gasteiger partial charge in [0.25, 0.3) is 0 Å². The number of unbranched alkanes of at least 4 members (excludes halogenated alkanes) is 9. The summed E-state index contributed by atoms with van der Waals surface area (Å²) < 4.78 is 0. The van der Waals surface area contributed by atoms with Crippen molar-refractivity contribution in [2.45, 2.75) is 90.9 Å². The topological polar surface area (TPSA) is 0 Å². The van der Waals surface area contributed by atoms with Crippen molar-refractivity contribution in [1.82, 2.24) is 0 Å². The molecule has 0 aliphatic rings. The third-order valence-corrected chi connectivity index (χ3v) is 4.68. The van der Waals surface area contributed by atoms with Crippen molar-refractivity contribution in [2.75, 3.05) is 5.33 Å². The van der Waals surface area contributed by atoms with Crippen molar-refractivity contribution >= 4 is 15.9 Å². The summed E-state index contributed by atoms with van der Waals surface area (Å²) in [6.07, 6.45) is 17.3. The lowest BCUT2D eigenvalue weighted by atomic mass is 9.99. The summed E-state index contributed by atoms with van der Waals surface area (Å²) in [5, 5.41) is 1.20. The molecule has 0 fully saturated rings. The fourth-order valence-corrected chi connectivity index (χ4v) is 3.09. The lowest BCUT2D eigenvalue weighted by Gasteiger charge is -2.10. The number of alkyl halides is 1. The van der Waals surface area contributed by atoms with E-state index in [0.29, 0.717) is 0 Å². The van der Waals surface area contributed by atoms with Crippen LogP contribution in [0.5, 0.6) is 0 Å². The number of rotatable bonds is 13. The van der Waals surface area contributed by atoms with E-state index in [1.54, 1.807) is 0 Å². The Labute approximate surface area is 118 Å². The van der Waals surface area contributed by atoms with Crippen LogP contribution in [-0.2, 0) is 0 Å². The average molecular weight is 305 g/mol. The van der Waals surface area contributed by atoms with Gasteiger partial charge in [-0.05, 0) is 12.3 Å². The quantitative estimate of drug-likeness (QED) is 0.262. The SMILES string of the molecule is CCCCCCCCCCCCC(CC)CBr. The number of hydrogen-bond donors (Lipinski definition) is 0. The zero-order valence-corrected chi connectivity index (χ0v) is 13.7. The minimum Gasteiger partial charge on any atom is -0.0925 e. The van der Waals surface area contributed by atoms with Gasteiger partial charge in [0.15, 0.2) is 0 Å². The number of halogens is 1. The van der Waals surface area contributed by atoms with Gasteiger partial charge in [0.05, 0.1) is 0 Å². The molecule has 1 heteroatoms. The number of hydrogen-bond acceptors (Lipinski definition) is 0. The van der Waals surface area contributed by atoms with Gasteiger partial charge in [-0.1, -0.05) is 100 Å². The highest BCUT2D eigenvalue weighted by molar-refractivity contribution is 9.09.